The molecule has 1 aliphatic carbocycles. The molecule has 1 aromatic heterocycles. The molecule has 0 aromatic carbocycles. The summed E-state index contributed by atoms with van der Waals surface area (Å²) in [5, 5.41) is 3.76. The highest BCUT2D eigenvalue weighted by Crippen LogP contribution is 2.25. The number of aryl methyl sites for hydroxylation is 1. The molecule has 0 saturated heterocycles. The Hall–Kier alpha value is -1.34. The number of nitrogens with zero attached hydrogens (tertiary/aromatic N) is 1. The van der Waals surface area contributed by atoms with Crippen molar-refractivity contribution in [3.05, 3.63) is 22.1 Å². The summed E-state index contributed by atoms with van der Waals surface area (Å²) in [6.45, 7) is 3.55. The summed E-state index contributed by atoms with van der Waals surface area (Å²) < 4.78 is 0. The van der Waals surface area contributed by atoms with Crippen LogP contribution < -0.4 is 16.6 Å². The van der Waals surface area contributed by atoms with Gasteiger partial charge in [-0.2, -0.15) is 0 Å². The Morgan fingerprint density at radius 2 is 2.37 bits per heavy atom. The number of hydrogen-bond donors (Lipinski definition) is 3. The van der Waals surface area contributed by atoms with Crippen LogP contribution in [-0.4, -0.2) is 33.2 Å². The Balaban J connectivity index is 2.05. The van der Waals surface area contributed by atoms with Crippen molar-refractivity contribution in [2.75, 3.05) is 5.75 Å². The highest BCUT2D eigenvalue weighted by molar-refractivity contribution is 7.99. The van der Waals surface area contributed by atoms with Crippen molar-refractivity contribution >= 4 is 17.7 Å². The van der Waals surface area contributed by atoms with Gasteiger partial charge in [-0.05, 0) is 26.7 Å². The van der Waals surface area contributed by atoms with E-state index in [9.17, 15) is 9.59 Å². The first-order chi connectivity index (χ1) is 8.89. The minimum absolute atomic E-state index is 0.189. The van der Waals surface area contributed by atoms with Crippen LogP contribution in [0.15, 0.2) is 16.0 Å². The first-order valence-electron chi connectivity index (χ1n) is 6.17. The van der Waals surface area contributed by atoms with Crippen molar-refractivity contribution < 1.29 is 4.79 Å². The van der Waals surface area contributed by atoms with Gasteiger partial charge in [-0.1, -0.05) is 11.8 Å². The Bertz CT molecular complexity index is 541. The molecular formula is C12H18N4O2S. The van der Waals surface area contributed by atoms with Gasteiger partial charge >= 0.3 is 0 Å². The molecule has 104 valence electrons. The lowest BCUT2D eigenvalue weighted by Crippen LogP contribution is -2.56. The Morgan fingerprint density at radius 3 is 2.89 bits per heavy atom. The number of aromatic nitrogens is 2. The molecule has 1 aliphatic rings. The summed E-state index contributed by atoms with van der Waals surface area (Å²) in [6, 6.07) is 1.81. The SMILES string of the molecule is Cc1cc(=O)[nH]c(SCC(C)(NC2CC2)C(N)=O)n1. The molecule has 0 spiro atoms. The summed E-state index contributed by atoms with van der Waals surface area (Å²) in [7, 11) is 0. The van der Waals surface area contributed by atoms with Crippen LogP contribution in [0.2, 0.25) is 0 Å². The number of carbonyl (C=O) groups is 1. The fourth-order valence-electron chi connectivity index (χ4n) is 1.69. The molecular weight excluding hydrogens is 264 g/mol. The quantitative estimate of drug-likeness (QED) is 0.510. The zero-order valence-corrected chi connectivity index (χ0v) is 11.8. The molecule has 1 amide bonds. The lowest BCUT2D eigenvalue weighted by Gasteiger charge is -2.26. The normalized spacial score (nSPS) is 18.0. The first kappa shape index (κ1) is 14.1. The number of amides is 1. The van der Waals surface area contributed by atoms with Crippen LogP contribution in [0, 0.1) is 6.92 Å². The van der Waals surface area contributed by atoms with Crippen LogP contribution >= 0.6 is 11.8 Å². The van der Waals surface area contributed by atoms with Crippen LogP contribution in [0.4, 0.5) is 0 Å². The van der Waals surface area contributed by atoms with Gasteiger partial charge in [0, 0.05) is 23.6 Å². The summed E-state index contributed by atoms with van der Waals surface area (Å²) in [5.74, 6) is 0.0486. The van der Waals surface area contributed by atoms with Gasteiger partial charge in [-0.3, -0.25) is 9.59 Å². The number of nitrogens with two attached hydrogens (primary N) is 1. The maximum atomic E-state index is 11.6. The standard InChI is InChI=1S/C12H18N4O2S/c1-7-5-9(17)15-11(14-7)19-6-12(2,10(13)18)16-8-3-4-8/h5,8,16H,3-4,6H2,1-2H3,(H2,13,18)(H,14,15,17). The van der Waals surface area contributed by atoms with E-state index < -0.39 is 5.54 Å². The van der Waals surface area contributed by atoms with E-state index in [1.54, 1.807) is 13.8 Å². The number of thioether (sulfide) groups is 1. The smallest absolute Gasteiger partial charge is 0.251 e. The summed E-state index contributed by atoms with van der Waals surface area (Å²) in [6.07, 6.45) is 2.15. The zero-order valence-electron chi connectivity index (χ0n) is 11.0. The predicted octanol–water partition coefficient (Wildman–Crippen LogP) is 0.166. The van der Waals surface area contributed by atoms with Gasteiger partial charge in [0.1, 0.15) is 5.54 Å². The van der Waals surface area contributed by atoms with Crippen molar-refractivity contribution in [2.24, 2.45) is 5.73 Å². The highest BCUT2D eigenvalue weighted by atomic mass is 32.2. The van der Waals surface area contributed by atoms with Crippen LogP contribution in [0.25, 0.3) is 0 Å². The molecule has 2 rings (SSSR count). The maximum absolute atomic E-state index is 11.6. The van der Waals surface area contributed by atoms with Gasteiger partial charge in [0.25, 0.3) is 5.56 Å². The third-order valence-electron chi connectivity index (χ3n) is 2.99. The van der Waals surface area contributed by atoms with E-state index in [2.05, 4.69) is 15.3 Å². The molecule has 0 bridgehead atoms. The van der Waals surface area contributed by atoms with Gasteiger partial charge in [-0.25, -0.2) is 4.98 Å². The predicted molar refractivity (Wildman–Crippen MR) is 74.1 cm³/mol. The number of H-pyrrole nitrogens is 1. The maximum Gasteiger partial charge on any atom is 0.251 e. The second-order valence-corrected chi connectivity index (χ2v) is 6.06. The number of carbonyl (C=O) groups excluding carboxylic acids is 1. The fourth-order valence-corrected chi connectivity index (χ4v) is 2.73. The molecule has 7 heteroatoms. The van der Waals surface area contributed by atoms with Crippen molar-refractivity contribution in [3.63, 3.8) is 0 Å². The van der Waals surface area contributed by atoms with E-state index in [-0.39, 0.29) is 11.5 Å². The topological polar surface area (TPSA) is 101 Å². The van der Waals surface area contributed by atoms with E-state index in [4.69, 9.17) is 5.73 Å². The van der Waals surface area contributed by atoms with Crippen LogP contribution in [0.3, 0.4) is 0 Å². The molecule has 0 radical (unpaired) electrons. The molecule has 0 aliphatic heterocycles. The Labute approximate surface area is 115 Å². The highest BCUT2D eigenvalue weighted by Gasteiger charge is 2.37. The number of primary amides is 1. The molecule has 1 saturated carbocycles. The van der Waals surface area contributed by atoms with Crippen LogP contribution in [0.5, 0.6) is 0 Å². The van der Waals surface area contributed by atoms with Gasteiger partial charge in [-0.15, -0.1) is 0 Å². The van der Waals surface area contributed by atoms with Crippen molar-refractivity contribution in [3.8, 4) is 0 Å². The second-order valence-electron chi connectivity index (χ2n) is 5.10. The van der Waals surface area contributed by atoms with E-state index >= 15 is 0 Å². The van der Waals surface area contributed by atoms with Crippen LogP contribution in [-0.2, 0) is 4.79 Å². The minimum atomic E-state index is -0.784. The monoisotopic (exact) mass is 282 g/mol. The van der Waals surface area contributed by atoms with E-state index in [1.807, 2.05) is 0 Å². The molecule has 1 atom stereocenters. The molecule has 1 fully saturated rings. The summed E-state index contributed by atoms with van der Waals surface area (Å²) in [5.41, 5.74) is 5.15. The van der Waals surface area contributed by atoms with E-state index in [1.165, 1.54) is 17.8 Å². The fraction of sp³-hybridized carbons (Fsp3) is 0.583. The number of aromatic amines is 1. The third kappa shape index (κ3) is 3.81. The molecule has 19 heavy (non-hydrogen) atoms. The first-order valence-corrected chi connectivity index (χ1v) is 7.16. The van der Waals surface area contributed by atoms with Crippen molar-refractivity contribution in [1.82, 2.24) is 15.3 Å². The van der Waals surface area contributed by atoms with Gasteiger partial charge in [0.2, 0.25) is 5.91 Å². The lowest BCUT2D eigenvalue weighted by molar-refractivity contribution is -0.123. The average Bonchev–Trinajstić information content (AvgIpc) is 3.09. The van der Waals surface area contributed by atoms with E-state index in [0.717, 1.165) is 12.8 Å². The summed E-state index contributed by atoms with van der Waals surface area (Å²) >= 11 is 1.32. The number of rotatable bonds is 6. The zero-order chi connectivity index (χ0) is 14.0. The third-order valence-corrected chi connectivity index (χ3v) is 4.18. The average molecular weight is 282 g/mol. The van der Waals surface area contributed by atoms with Gasteiger partial charge in [0.05, 0.1) is 0 Å². The molecule has 4 N–H and O–H groups in total. The number of hydrogen-bond acceptors (Lipinski definition) is 5. The molecule has 1 unspecified atom stereocenters. The number of nitrogens with one attached hydrogen (secondary N) is 2. The van der Waals surface area contributed by atoms with Gasteiger partial charge < -0.3 is 16.0 Å². The molecule has 1 aromatic rings. The van der Waals surface area contributed by atoms with E-state index in [0.29, 0.717) is 22.6 Å². The minimum Gasteiger partial charge on any atom is -0.368 e. The van der Waals surface area contributed by atoms with Crippen molar-refractivity contribution in [1.29, 1.82) is 0 Å². The lowest BCUT2D eigenvalue weighted by atomic mass is 10.1. The largest absolute Gasteiger partial charge is 0.368 e. The molecule has 1 heterocycles. The Kier molecular flexibility index (Phi) is 3.96. The molecule has 6 nitrogen and oxygen atoms in total. The summed E-state index contributed by atoms with van der Waals surface area (Å²) in [4.78, 5) is 29.8. The van der Waals surface area contributed by atoms with Gasteiger partial charge in [0.15, 0.2) is 5.16 Å². The second kappa shape index (κ2) is 5.34. The van der Waals surface area contributed by atoms with Crippen molar-refractivity contribution in [2.45, 2.75) is 43.4 Å². The van der Waals surface area contributed by atoms with Crippen LogP contribution in [0.1, 0.15) is 25.5 Å². The Morgan fingerprint density at radius 1 is 1.68 bits per heavy atom.